The van der Waals surface area contributed by atoms with Crippen LogP contribution in [0.15, 0.2) is 27.8 Å². The third kappa shape index (κ3) is 2.73. The van der Waals surface area contributed by atoms with E-state index in [0.717, 1.165) is 26.6 Å². The molecule has 0 aliphatic heterocycles. The van der Waals surface area contributed by atoms with Crippen LogP contribution in [-0.4, -0.2) is 20.2 Å². The SMILES string of the molecule is Cn1nnnc1SCc1cc(N)cc(Br)c1. The first-order valence-corrected chi connectivity index (χ1v) is 6.33. The highest BCUT2D eigenvalue weighted by atomic mass is 79.9. The van der Waals surface area contributed by atoms with Crippen molar-refractivity contribution in [3.63, 3.8) is 0 Å². The zero-order chi connectivity index (χ0) is 11.5. The van der Waals surface area contributed by atoms with Gasteiger partial charge < -0.3 is 5.73 Å². The van der Waals surface area contributed by atoms with Gasteiger partial charge in [0.1, 0.15) is 0 Å². The molecule has 0 bridgehead atoms. The summed E-state index contributed by atoms with van der Waals surface area (Å²) >= 11 is 4.99. The first kappa shape index (κ1) is 11.4. The van der Waals surface area contributed by atoms with Crippen molar-refractivity contribution in [1.82, 2.24) is 20.2 Å². The minimum absolute atomic E-state index is 0.751. The summed E-state index contributed by atoms with van der Waals surface area (Å²) in [6, 6.07) is 5.85. The lowest BCUT2D eigenvalue weighted by atomic mass is 10.2. The van der Waals surface area contributed by atoms with Crippen molar-refractivity contribution in [2.24, 2.45) is 7.05 Å². The highest BCUT2D eigenvalue weighted by Gasteiger charge is 2.04. The first-order chi connectivity index (χ1) is 7.65. The number of tetrazole rings is 1. The third-order valence-electron chi connectivity index (χ3n) is 1.93. The van der Waals surface area contributed by atoms with Gasteiger partial charge in [0.05, 0.1) is 0 Å². The fourth-order valence-corrected chi connectivity index (χ4v) is 2.59. The Kier molecular flexibility index (Phi) is 3.45. The minimum Gasteiger partial charge on any atom is -0.399 e. The lowest BCUT2D eigenvalue weighted by Gasteiger charge is -2.03. The predicted molar refractivity (Wildman–Crippen MR) is 66.9 cm³/mol. The van der Waals surface area contributed by atoms with Gasteiger partial charge in [-0.05, 0) is 34.2 Å². The maximum Gasteiger partial charge on any atom is 0.209 e. The Balaban J connectivity index is 2.07. The molecule has 0 aliphatic carbocycles. The Morgan fingerprint density at radius 1 is 1.44 bits per heavy atom. The number of anilines is 1. The molecular formula is C9H10BrN5S. The number of nitrogens with two attached hydrogens (primary N) is 1. The molecule has 0 aliphatic rings. The lowest BCUT2D eigenvalue weighted by molar-refractivity contribution is 0.664. The molecule has 2 rings (SSSR count). The molecule has 5 nitrogen and oxygen atoms in total. The monoisotopic (exact) mass is 299 g/mol. The van der Waals surface area contributed by atoms with Gasteiger partial charge in [0.2, 0.25) is 5.16 Å². The summed E-state index contributed by atoms with van der Waals surface area (Å²) in [6.07, 6.45) is 0. The summed E-state index contributed by atoms with van der Waals surface area (Å²) in [7, 11) is 1.82. The average Bonchev–Trinajstić information content (AvgIpc) is 2.59. The second-order valence-electron chi connectivity index (χ2n) is 3.27. The number of thioether (sulfide) groups is 1. The van der Waals surface area contributed by atoms with Gasteiger partial charge in [-0.1, -0.05) is 27.7 Å². The number of rotatable bonds is 3. The molecule has 0 saturated carbocycles. The van der Waals surface area contributed by atoms with Crippen LogP contribution in [0.4, 0.5) is 5.69 Å². The maximum absolute atomic E-state index is 5.75. The molecule has 0 atom stereocenters. The lowest BCUT2D eigenvalue weighted by Crippen LogP contribution is -1.94. The van der Waals surface area contributed by atoms with E-state index in [1.54, 1.807) is 16.4 Å². The Labute approximate surface area is 106 Å². The van der Waals surface area contributed by atoms with Gasteiger partial charge in [-0.25, -0.2) is 4.68 Å². The molecule has 0 saturated heterocycles. The van der Waals surface area contributed by atoms with Crippen molar-refractivity contribution in [2.45, 2.75) is 10.9 Å². The zero-order valence-corrected chi connectivity index (χ0v) is 11.0. The van der Waals surface area contributed by atoms with Crippen molar-refractivity contribution in [2.75, 3.05) is 5.73 Å². The van der Waals surface area contributed by atoms with Gasteiger partial charge in [0.25, 0.3) is 0 Å². The van der Waals surface area contributed by atoms with Gasteiger partial charge in [-0.3, -0.25) is 0 Å². The molecule has 0 unspecified atom stereocenters. The normalized spacial score (nSPS) is 10.6. The van der Waals surface area contributed by atoms with Crippen LogP contribution in [0.3, 0.4) is 0 Å². The summed E-state index contributed by atoms with van der Waals surface area (Å²) in [5.41, 5.74) is 7.64. The molecule has 2 aromatic rings. The number of nitrogens with zero attached hydrogens (tertiary/aromatic N) is 4. The Bertz CT molecular complexity index is 478. The largest absolute Gasteiger partial charge is 0.399 e. The van der Waals surface area contributed by atoms with Gasteiger partial charge in [-0.15, -0.1) is 5.10 Å². The van der Waals surface area contributed by atoms with Gasteiger partial charge >= 0.3 is 0 Å². The van der Waals surface area contributed by atoms with E-state index in [-0.39, 0.29) is 0 Å². The fraction of sp³-hybridized carbons (Fsp3) is 0.222. The number of hydrogen-bond donors (Lipinski definition) is 1. The molecule has 1 heterocycles. The second-order valence-corrected chi connectivity index (χ2v) is 5.12. The quantitative estimate of drug-likeness (QED) is 0.692. The molecule has 7 heteroatoms. The number of benzene rings is 1. The van der Waals surface area contributed by atoms with Crippen LogP contribution in [0.5, 0.6) is 0 Å². The molecule has 84 valence electrons. The molecule has 16 heavy (non-hydrogen) atoms. The standard InChI is InChI=1S/C9H10BrN5S/c1-15-9(12-13-14-15)16-5-6-2-7(10)4-8(11)3-6/h2-4H,5,11H2,1H3. The van der Waals surface area contributed by atoms with Crippen molar-refractivity contribution >= 4 is 33.4 Å². The highest BCUT2D eigenvalue weighted by Crippen LogP contribution is 2.23. The average molecular weight is 300 g/mol. The van der Waals surface area contributed by atoms with Crippen LogP contribution < -0.4 is 5.73 Å². The van der Waals surface area contributed by atoms with Crippen LogP contribution in [0, 0.1) is 0 Å². The molecular weight excluding hydrogens is 290 g/mol. The van der Waals surface area contributed by atoms with Crippen LogP contribution in [-0.2, 0) is 12.8 Å². The Morgan fingerprint density at radius 2 is 2.25 bits per heavy atom. The summed E-state index contributed by atoms with van der Waals surface area (Å²) in [6.45, 7) is 0. The molecule has 0 radical (unpaired) electrons. The van der Waals surface area contributed by atoms with E-state index in [1.165, 1.54) is 0 Å². The number of hydrogen-bond acceptors (Lipinski definition) is 5. The van der Waals surface area contributed by atoms with Gasteiger partial charge in [-0.2, -0.15) is 0 Å². The number of aryl methyl sites for hydroxylation is 1. The predicted octanol–water partition coefficient (Wildman–Crippen LogP) is 1.85. The molecule has 0 spiro atoms. The maximum atomic E-state index is 5.75. The summed E-state index contributed by atoms with van der Waals surface area (Å²) < 4.78 is 2.63. The number of nitrogen functional groups attached to an aromatic ring is 1. The van der Waals surface area contributed by atoms with Crippen molar-refractivity contribution in [1.29, 1.82) is 0 Å². The summed E-state index contributed by atoms with van der Waals surface area (Å²) in [5.74, 6) is 0.790. The second kappa shape index (κ2) is 4.84. The van der Waals surface area contributed by atoms with Crippen molar-refractivity contribution in [3.8, 4) is 0 Å². The molecule has 1 aromatic heterocycles. The van der Waals surface area contributed by atoms with Crippen LogP contribution in [0.25, 0.3) is 0 Å². The van der Waals surface area contributed by atoms with E-state index in [1.807, 2.05) is 25.2 Å². The molecule has 2 N–H and O–H groups in total. The van der Waals surface area contributed by atoms with E-state index in [9.17, 15) is 0 Å². The third-order valence-corrected chi connectivity index (χ3v) is 3.47. The van der Waals surface area contributed by atoms with E-state index >= 15 is 0 Å². The molecule has 0 fully saturated rings. The number of aromatic nitrogens is 4. The van der Waals surface area contributed by atoms with Crippen LogP contribution >= 0.6 is 27.7 Å². The summed E-state index contributed by atoms with van der Waals surface area (Å²) in [4.78, 5) is 0. The highest BCUT2D eigenvalue weighted by molar-refractivity contribution is 9.10. The van der Waals surface area contributed by atoms with Gasteiger partial charge in [0, 0.05) is 23.0 Å². The van der Waals surface area contributed by atoms with Crippen molar-refractivity contribution < 1.29 is 0 Å². The topological polar surface area (TPSA) is 69.6 Å². The zero-order valence-electron chi connectivity index (χ0n) is 8.59. The van der Waals surface area contributed by atoms with Gasteiger partial charge in [0.15, 0.2) is 0 Å². The molecule has 1 aromatic carbocycles. The van der Waals surface area contributed by atoms with Crippen LogP contribution in [0.2, 0.25) is 0 Å². The minimum atomic E-state index is 0.751. The fourth-order valence-electron chi connectivity index (χ4n) is 1.25. The van der Waals surface area contributed by atoms with E-state index < -0.39 is 0 Å². The Hall–Kier alpha value is -1.08. The molecule has 0 amide bonds. The van der Waals surface area contributed by atoms with E-state index in [2.05, 4.69) is 31.5 Å². The Morgan fingerprint density at radius 3 is 2.88 bits per heavy atom. The smallest absolute Gasteiger partial charge is 0.209 e. The number of halogens is 1. The van der Waals surface area contributed by atoms with Crippen molar-refractivity contribution in [3.05, 3.63) is 28.2 Å². The first-order valence-electron chi connectivity index (χ1n) is 4.55. The van der Waals surface area contributed by atoms with E-state index in [0.29, 0.717) is 0 Å². The van der Waals surface area contributed by atoms with E-state index in [4.69, 9.17) is 5.73 Å². The summed E-state index contributed by atoms with van der Waals surface area (Å²) in [5, 5.41) is 12.0. The van der Waals surface area contributed by atoms with Crippen LogP contribution in [0.1, 0.15) is 5.56 Å².